The van der Waals surface area contributed by atoms with Crippen LogP contribution in [0.5, 0.6) is 0 Å². The van der Waals surface area contributed by atoms with Crippen molar-refractivity contribution in [2.24, 2.45) is 11.1 Å². The van der Waals surface area contributed by atoms with E-state index in [-0.39, 0.29) is 11.5 Å². The van der Waals surface area contributed by atoms with Gasteiger partial charge in [-0.15, -0.1) is 0 Å². The fraction of sp³-hybridized carbons (Fsp3) is 0.667. The monoisotopic (exact) mass is 168 g/mol. The van der Waals surface area contributed by atoms with Gasteiger partial charge in [-0.1, -0.05) is 25.9 Å². The Bertz CT molecular complexity index is 260. The van der Waals surface area contributed by atoms with Gasteiger partial charge in [-0.25, -0.2) is 0 Å². The van der Waals surface area contributed by atoms with Crippen molar-refractivity contribution in [2.45, 2.75) is 33.7 Å². The van der Waals surface area contributed by atoms with Crippen molar-refractivity contribution >= 4 is 0 Å². The largest absolute Gasteiger partial charge is 0.359 e. The van der Waals surface area contributed by atoms with Crippen molar-refractivity contribution in [3.63, 3.8) is 0 Å². The Morgan fingerprint density at radius 3 is 2.42 bits per heavy atom. The lowest BCUT2D eigenvalue weighted by Gasteiger charge is -2.24. The minimum Gasteiger partial charge on any atom is -0.359 e. The van der Waals surface area contributed by atoms with Crippen LogP contribution in [0.3, 0.4) is 0 Å². The first kappa shape index (κ1) is 9.26. The molecule has 1 atom stereocenters. The van der Waals surface area contributed by atoms with E-state index >= 15 is 0 Å². The van der Waals surface area contributed by atoms with Gasteiger partial charge in [-0.2, -0.15) is 0 Å². The normalized spacial score (nSPS) is 14.8. The smallest absolute Gasteiger partial charge is 0.154 e. The maximum Gasteiger partial charge on any atom is 0.154 e. The fourth-order valence-corrected chi connectivity index (χ4v) is 0.957. The molecule has 2 N–H and O–H groups in total. The van der Waals surface area contributed by atoms with E-state index in [1.165, 1.54) is 0 Å². The van der Waals surface area contributed by atoms with E-state index in [0.29, 0.717) is 0 Å². The summed E-state index contributed by atoms with van der Waals surface area (Å²) >= 11 is 0. The number of hydrogen-bond donors (Lipinski definition) is 1. The predicted molar refractivity (Wildman–Crippen MR) is 47.6 cm³/mol. The molecule has 0 bridgehead atoms. The molecule has 0 aliphatic heterocycles. The molecular formula is C9H16N2O. The summed E-state index contributed by atoms with van der Waals surface area (Å²) in [4.78, 5) is 0. The summed E-state index contributed by atoms with van der Waals surface area (Å²) in [5.41, 5.74) is 6.85. The molecule has 12 heavy (non-hydrogen) atoms. The molecule has 0 saturated carbocycles. The lowest BCUT2D eigenvalue weighted by atomic mass is 9.86. The van der Waals surface area contributed by atoms with E-state index in [4.69, 9.17) is 10.3 Å². The first-order valence-electron chi connectivity index (χ1n) is 4.10. The van der Waals surface area contributed by atoms with Crippen molar-refractivity contribution in [3.8, 4) is 0 Å². The lowest BCUT2D eigenvalue weighted by molar-refractivity contribution is 0.259. The van der Waals surface area contributed by atoms with E-state index < -0.39 is 0 Å². The molecule has 1 heterocycles. The van der Waals surface area contributed by atoms with Crippen molar-refractivity contribution in [3.05, 3.63) is 17.5 Å². The van der Waals surface area contributed by atoms with Crippen LogP contribution in [0, 0.1) is 12.3 Å². The third-order valence-corrected chi connectivity index (χ3v) is 1.89. The Morgan fingerprint density at radius 2 is 2.08 bits per heavy atom. The highest BCUT2D eigenvalue weighted by atomic mass is 16.5. The van der Waals surface area contributed by atoms with Crippen LogP contribution >= 0.6 is 0 Å². The third kappa shape index (κ3) is 1.85. The van der Waals surface area contributed by atoms with Gasteiger partial charge in [0.2, 0.25) is 0 Å². The highest BCUT2D eigenvalue weighted by Crippen LogP contribution is 2.30. The average molecular weight is 168 g/mol. The second kappa shape index (κ2) is 2.90. The molecule has 68 valence electrons. The van der Waals surface area contributed by atoms with Gasteiger partial charge in [-0.3, -0.25) is 0 Å². The molecule has 0 aliphatic carbocycles. The minimum absolute atomic E-state index is 0.0198. The zero-order valence-electron chi connectivity index (χ0n) is 8.09. The van der Waals surface area contributed by atoms with Crippen LogP contribution in [0.2, 0.25) is 0 Å². The number of rotatable bonds is 1. The summed E-state index contributed by atoms with van der Waals surface area (Å²) < 4.78 is 5.08. The van der Waals surface area contributed by atoms with Gasteiger partial charge in [0.1, 0.15) is 0 Å². The van der Waals surface area contributed by atoms with Crippen molar-refractivity contribution in [1.29, 1.82) is 0 Å². The van der Waals surface area contributed by atoms with Crippen molar-refractivity contribution in [2.75, 3.05) is 0 Å². The highest BCUT2D eigenvalue weighted by molar-refractivity contribution is 5.09. The second-order valence-corrected chi connectivity index (χ2v) is 4.21. The highest BCUT2D eigenvalue weighted by Gasteiger charge is 2.25. The quantitative estimate of drug-likeness (QED) is 0.698. The molecule has 0 unspecified atom stereocenters. The predicted octanol–water partition coefficient (Wildman–Crippen LogP) is 2.03. The second-order valence-electron chi connectivity index (χ2n) is 4.21. The SMILES string of the molecule is Cc1cc([C@H](N)C(C)(C)C)on1. The number of nitrogens with two attached hydrogens (primary N) is 1. The Kier molecular flexibility index (Phi) is 2.24. The molecule has 1 rings (SSSR count). The van der Waals surface area contributed by atoms with Gasteiger partial charge in [0.05, 0.1) is 11.7 Å². The summed E-state index contributed by atoms with van der Waals surface area (Å²) in [6.45, 7) is 8.13. The molecule has 0 aliphatic rings. The van der Waals surface area contributed by atoms with Crippen LogP contribution in [0.25, 0.3) is 0 Å². The number of aromatic nitrogens is 1. The van der Waals surface area contributed by atoms with Gasteiger partial charge in [0, 0.05) is 6.07 Å². The topological polar surface area (TPSA) is 52.0 Å². The van der Waals surface area contributed by atoms with E-state index in [1.54, 1.807) is 0 Å². The van der Waals surface area contributed by atoms with E-state index in [0.717, 1.165) is 11.5 Å². The zero-order valence-corrected chi connectivity index (χ0v) is 8.09. The molecule has 0 spiro atoms. The molecule has 1 aromatic heterocycles. The van der Waals surface area contributed by atoms with Gasteiger partial charge in [0.25, 0.3) is 0 Å². The van der Waals surface area contributed by atoms with Crippen LogP contribution in [0.15, 0.2) is 10.6 Å². The maximum absolute atomic E-state index is 5.95. The molecule has 1 aromatic rings. The Morgan fingerprint density at radius 1 is 1.50 bits per heavy atom. The lowest BCUT2D eigenvalue weighted by Crippen LogP contribution is -2.25. The Balaban J connectivity index is 2.85. The zero-order chi connectivity index (χ0) is 9.35. The molecule has 3 heteroatoms. The van der Waals surface area contributed by atoms with E-state index in [9.17, 15) is 0 Å². The average Bonchev–Trinajstić information content (AvgIpc) is 2.32. The Hall–Kier alpha value is -0.830. The van der Waals surface area contributed by atoms with Crippen LogP contribution < -0.4 is 5.73 Å². The minimum atomic E-state index is -0.0845. The summed E-state index contributed by atoms with van der Waals surface area (Å²) in [5.74, 6) is 0.764. The molecular weight excluding hydrogens is 152 g/mol. The molecule has 0 saturated heterocycles. The molecule has 0 aromatic carbocycles. The summed E-state index contributed by atoms with van der Waals surface area (Å²) in [7, 11) is 0. The standard InChI is InChI=1S/C9H16N2O/c1-6-5-7(12-11-6)8(10)9(2,3)4/h5,8H,10H2,1-4H3/t8-/m0/s1. The van der Waals surface area contributed by atoms with Crippen LogP contribution in [-0.2, 0) is 0 Å². The van der Waals surface area contributed by atoms with E-state index in [2.05, 4.69) is 25.9 Å². The molecule has 0 radical (unpaired) electrons. The third-order valence-electron chi connectivity index (χ3n) is 1.89. The summed E-state index contributed by atoms with van der Waals surface area (Å²) in [5, 5.41) is 3.80. The van der Waals surface area contributed by atoms with Crippen molar-refractivity contribution in [1.82, 2.24) is 5.16 Å². The number of hydrogen-bond acceptors (Lipinski definition) is 3. The molecule has 0 fully saturated rings. The first-order valence-corrected chi connectivity index (χ1v) is 4.10. The maximum atomic E-state index is 5.95. The van der Waals surface area contributed by atoms with E-state index in [1.807, 2.05) is 13.0 Å². The van der Waals surface area contributed by atoms with Crippen molar-refractivity contribution < 1.29 is 4.52 Å². The Labute approximate surface area is 72.9 Å². The van der Waals surface area contributed by atoms with Gasteiger partial charge in [0.15, 0.2) is 5.76 Å². The van der Waals surface area contributed by atoms with Crippen LogP contribution in [0.4, 0.5) is 0 Å². The van der Waals surface area contributed by atoms with Crippen LogP contribution in [0.1, 0.15) is 38.3 Å². The number of nitrogens with zero attached hydrogens (tertiary/aromatic N) is 1. The van der Waals surface area contributed by atoms with Crippen LogP contribution in [-0.4, -0.2) is 5.16 Å². The molecule has 0 amide bonds. The number of aryl methyl sites for hydroxylation is 1. The molecule has 3 nitrogen and oxygen atoms in total. The van der Waals surface area contributed by atoms with Gasteiger partial charge >= 0.3 is 0 Å². The first-order chi connectivity index (χ1) is 5.41. The van der Waals surface area contributed by atoms with Gasteiger partial charge in [-0.05, 0) is 12.3 Å². The summed E-state index contributed by atoms with van der Waals surface area (Å²) in [6.07, 6.45) is 0. The fourth-order valence-electron chi connectivity index (χ4n) is 0.957. The van der Waals surface area contributed by atoms with Gasteiger partial charge < -0.3 is 10.3 Å². The summed E-state index contributed by atoms with van der Waals surface area (Å²) in [6, 6.07) is 1.80.